The van der Waals surface area contributed by atoms with Gasteiger partial charge in [0.1, 0.15) is 11.1 Å². The molecule has 0 fully saturated rings. The molecule has 0 saturated carbocycles. The maximum Gasteiger partial charge on any atom is 0.105 e. The molecule has 0 unspecified atom stereocenters. The summed E-state index contributed by atoms with van der Waals surface area (Å²) in [6, 6.07) is 9.65. The lowest BCUT2D eigenvalue weighted by Gasteiger charge is -1.99. The molecule has 4 heteroatoms. The van der Waals surface area contributed by atoms with Crippen molar-refractivity contribution < 1.29 is 0 Å². The molecule has 0 aliphatic rings. The fourth-order valence-electron chi connectivity index (χ4n) is 1.55. The van der Waals surface area contributed by atoms with E-state index in [1.165, 1.54) is 11.3 Å². The SMILES string of the molecule is Cc1c(-c2ccc(Cl)cc2)sc(N)c1C#N. The minimum atomic E-state index is 0.574. The second-order valence-electron chi connectivity index (χ2n) is 3.41. The average Bonchev–Trinajstić information content (AvgIpc) is 2.55. The summed E-state index contributed by atoms with van der Waals surface area (Å²) < 4.78 is 0. The molecule has 1 heterocycles. The Labute approximate surface area is 103 Å². The standard InChI is InChI=1S/C12H9ClN2S/c1-7-10(6-14)12(15)16-11(7)8-2-4-9(13)5-3-8/h2-5H,15H2,1H3. The summed E-state index contributed by atoms with van der Waals surface area (Å²) in [5.41, 5.74) is 8.35. The molecule has 2 N–H and O–H groups in total. The Morgan fingerprint density at radius 1 is 1.31 bits per heavy atom. The lowest BCUT2D eigenvalue weighted by Crippen LogP contribution is -1.84. The number of nitrogen functional groups attached to an aromatic ring is 1. The second kappa shape index (κ2) is 4.17. The molecule has 1 aromatic heterocycles. The normalized spacial score (nSPS) is 10.1. The minimum absolute atomic E-state index is 0.574. The molecule has 0 saturated heterocycles. The molecular formula is C12H9ClN2S. The van der Waals surface area contributed by atoms with Gasteiger partial charge in [-0.05, 0) is 30.2 Å². The van der Waals surface area contributed by atoms with Gasteiger partial charge in [0.05, 0.1) is 5.56 Å². The Morgan fingerprint density at radius 2 is 1.94 bits per heavy atom. The van der Waals surface area contributed by atoms with Gasteiger partial charge in [-0.25, -0.2) is 0 Å². The number of hydrogen-bond acceptors (Lipinski definition) is 3. The number of anilines is 1. The molecular weight excluding hydrogens is 240 g/mol. The van der Waals surface area contributed by atoms with E-state index >= 15 is 0 Å². The van der Waals surface area contributed by atoms with Gasteiger partial charge in [-0.15, -0.1) is 11.3 Å². The van der Waals surface area contributed by atoms with Crippen LogP contribution in [0.5, 0.6) is 0 Å². The fourth-order valence-corrected chi connectivity index (χ4v) is 2.71. The Hall–Kier alpha value is -1.50. The van der Waals surface area contributed by atoms with Crippen molar-refractivity contribution >= 4 is 27.9 Å². The van der Waals surface area contributed by atoms with E-state index in [-0.39, 0.29) is 0 Å². The van der Waals surface area contributed by atoms with Crippen molar-refractivity contribution in [2.24, 2.45) is 0 Å². The minimum Gasteiger partial charge on any atom is -0.389 e. The van der Waals surface area contributed by atoms with Crippen LogP contribution in [0.4, 0.5) is 5.00 Å². The number of halogens is 1. The van der Waals surface area contributed by atoms with Crippen LogP contribution in [-0.2, 0) is 0 Å². The Morgan fingerprint density at radius 3 is 2.44 bits per heavy atom. The highest BCUT2D eigenvalue weighted by Crippen LogP contribution is 2.37. The van der Waals surface area contributed by atoms with Gasteiger partial charge >= 0.3 is 0 Å². The van der Waals surface area contributed by atoms with E-state index in [9.17, 15) is 0 Å². The van der Waals surface area contributed by atoms with Crippen LogP contribution in [-0.4, -0.2) is 0 Å². The van der Waals surface area contributed by atoms with E-state index in [1.807, 2.05) is 31.2 Å². The van der Waals surface area contributed by atoms with Crippen LogP contribution < -0.4 is 5.73 Å². The summed E-state index contributed by atoms with van der Waals surface area (Å²) in [6.45, 7) is 1.91. The van der Waals surface area contributed by atoms with E-state index in [1.54, 1.807) is 0 Å². The van der Waals surface area contributed by atoms with Gasteiger partial charge in [0.15, 0.2) is 0 Å². The molecule has 0 amide bonds. The van der Waals surface area contributed by atoms with Crippen LogP contribution in [0, 0.1) is 18.3 Å². The second-order valence-corrected chi connectivity index (χ2v) is 4.90. The molecule has 80 valence electrons. The van der Waals surface area contributed by atoms with Crippen molar-refractivity contribution in [1.29, 1.82) is 5.26 Å². The van der Waals surface area contributed by atoms with E-state index in [0.29, 0.717) is 15.6 Å². The zero-order valence-corrected chi connectivity index (χ0v) is 10.2. The van der Waals surface area contributed by atoms with E-state index in [2.05, 4.69) is 6.07 Å². The number of nitrogens with two attached hydrogens (primary N) is 1. The van der Waals surface area contributed by atoms with E-state index in [0.717, 1.165) is 16.0 Å². The lowest BCUT2D eigenvalue weighted by molar-refractivity contribution is 1.44. The molecule has 0 bridgehead atoms. The summed E-state index contributed by atoms with van der Waals surface area (Å²) in [6.07, 6.45) is 0. The number of hydrogen-bond donors (Lipinski definition) is 1. The molecule has 16 heavy (non-hydrogen) atoms. The van der Waals surface area contributed by atoms with Crippen LogP contribution in [0.2, 0.25) is 5.02 Å². The van der Waals surface area contributed by atoms with Crippen LogP contribution in [0.25, 0.3) is 10.4 Å². The maximum atomic E-state index is 8.96. The third kappa shape index (κ3) is 1.78. The third-order valence-corrected chi connectivity index (χ3v) is 3.81. The number of nitrogens with zero attached hydrogens (tertiary/aromatic N) is 1. The number of thiophene rings is 1. The quantitative estimate of drug-likeness (QED) is 0.834. The average molecular weight is 249 g/mol. The molecule has 0 radical (unpaired) electrons. The predicted molar refractivity (Wildman–Crippen MR) is 68.6 cm³/mol. The smallest absolute Gasteiger partial charge is 0.105 e. The first-order valence-corrected chi connectivity index (χ1v) is 5.88. The van der Waals surface area contributed by atoms with Gasteiger partial charge in [-0.3, -0.25) is 0 Å². The zero-order valence-electron chi connectivity index (χ0n) is 8.62. The van der Waals surface area contributed by atoms with Gasteiger partial charge in [-0.1, -0.05) is 23.7 Å². The third-order valence-electron chi connectivity index (χ3n) is 2.39. The molecule has 0 spiro atoms. The highest BCUT2D eigenvalue weighted by Gasteiger charge is 2.13. The molecule has 1 aromatic carbocycles. The lowest BCUT2D eigenvalue weighted by atomic mass is 10.1. The van der Waals surface area contributed by atoms with Gasteiger partial charge < -0.3 is 5.73 Å². The van der Waals surface area contributed by atoms with Gasteiger partial charge in [0.2, 0.25) is 0 Å². The summed E-state index contributed by atoms with van der Waals surface area (Å²) in [5, 5.41) is 10.2. The van der Waals surface area contributed by atoms with Crippen molar-refractivity contribution in [3.05, 3.63) is 40.4 Å². The Kier molecular flexibility index (Phi) is 2.86. The summed E-state index contributed by atoms with van der Waals surface area (Å²) in [5.74, 6) is 0. The van der Waals surface area contributed by atoms with Crippen molar-refractivity contribution in [3.63, 3.8) is 0 Å². The van der Waals surface area contributed by atoms with Gasteiger partial charge in [0.25, 0.3) is 0 Å². The monoisotopic (exact) mass is 248 g/mol. The number of nitriles is 1. The first kappa shape index (κ1) is 11.0. The fraction of sp³-hybridized carbons (Fsp3) is 0.0833. The predicted octanol–water partition coefficient (Wildman–Crippen LogP) is 3.83. The van der Waals surface area contributed by atoms with Crippen molar-refractivity contribution in [2.45, 2.75) is 6.92 Å². The molecule has 0 aliphatic carbocycles. The molecule has 0 atom stereocenters. The van der Waals surface area contributed by atoms with Crippen LogP contribution in [0.1, 0.15) is 11.1 Å². The highest BCUT2D eigenvalue weighted by molar-refractivity contribution is 7.19. The summed E-state index contributed by atoms with van der Waals surface area (Å²) >= 11 is 7.27. The van der Waals surface area contributed by atoms with E-state index in [4.69, 9.17) is 22.6 Å². The molecule has 2 nitrogen and oxygen atoms in total. The largest absolute Gasteiger partial charge is 0.389 e. The Balaban J connectivity index is 2.58. The highest BCUT2D eigenvalue weighted by atomic mass is 35.5. The van der Waals surface area contributed by atoms with Crippen LogP contribution in [0.15, 0.2) is 24.3 Å². The first-order valence-electron chi connectivity index (χ1n) is 4.68. The van der Waals surface area contributed by atoms with Crippen LogP contribution >= 0.6 is 22.9 Å². The molecule has 0 aliphatic heterocycles. The number of rotatable bonds is 1. The maximum absolute atomic E-state index is 8.96. The van der Waals surface area contributed by atoms with Crippen LogP contribution in [0.3, 0.4) is 0 Å². The van der Waals surface area contributed by atoms with Crippen molar-refractivity contribution in [1.82, 2.24) is 0 Å². The molecule has 2 rings (SSSR count). The first-order chi connectivity index (χ1) is 7.63. The number of benzene rings is 1. The van der Waals surface area contributed by atoms with E-state index < -0.39 is 0 Å². The summed E-state index contributed by atoms with van der Waals surface area (Å²) in [7, 11) is 0. The molecule has 2 aromatic rings. The van der Waals surface area contributed by atoms with Crippen molar-refractivity contribution in [3.8, 4) is 16.5 Å². The van der Waals surface area contributed by atoms with Crippen molar-refractivity contribution in [2.75, 3.05) is 5.73 Å². The topological polar surface area (TPSA) is 49.8 Å². The Bertz CT molecular complexity index is 564. The zero-order chi connectivity index (χ0) is 11.7. The van der Waals surface area contributed by atoms with Gasteiger partial charge in [0, 0.05) is 9.90 Å². The summed E-state index contributed by atoms with van der Waals surface area (Å²) in [4.78, 5) is 1.03. The van der Waals surface area contributed by atoms with Gasteiger partial charge in [-0.2, -0.15) is 5.26 Å².